The van der Waals surface area contributed by atoms with Crippen molar-refractivity contribution in [2.24, 2.45) is 11.5 Å². The Bertz CT molecular complexity index is 610. The maximum absolute atomic E-state index is 6.02. The van der Waals surface area contributed by atoms with Gasteiger partial charge in [0.25, 0.3) is 0 Å². The molecule has 3 rings (SSSR count). The average molecular weight is 268 g/mol. The molecule has 0 unspecified atom stereocenters. The molecule has 3 heteroatoms. The zero-order valence-electron chi connectivity index (χ0n) is 11.5. The van der Waals surface area contributed by atoms with Crippen molar-refractivity contribution < 1.29 is 4.74 Å². The Hall–Kier alpha value is -1.84. The van der Waals surface area contributed by atoms with Gasteiger partial charge >= 0.3 is 0 Å². The summed E-state index contributed by atoms with van der Waals surface area (Å²) in [6.45, 7) is 1.21. The molecule has 0 spiro atoms. The highest BCUT2D eigenvalue weighted by Gasteiger charge is 2.25. The number of benzene rings is 2. The SMILES string of the molecule is NCCc1ccccc1-c1cccc2c1O[C@@H](CN)C2. The van der Waals surface area contributed by atoms with Crippen molar-refractivity contribution in [3.63, 3.8) is 0 Å². The van der Waals surface area contributed by atoms with Crippen molar-refractivity contribution in [2.45, 2.75) is 18.9 Å². The molecular formula is C17H20N2O. The second-order valence-corrected chi connectivity index (χ2v) is 5.17. The van der Waals surface area contributed by atoms with Crippen molar-refractivity contribution in [1.82, 2.24) is 0 Å². The quantitative estimate of drug-likeness (QED) is 0.893. The van der Waals surface area contributed by atoms with Crippen molar-refractivity contribution in [2.75, 3.05) is 13.1 Å². The first-order chi connectivity index (χ1) is 9.83. The molecule has 3 nitrogen and oxygen atoms in total. The summed E-state index contributed by atoms with van der Waals surface area (Å²) >= 11 is 0. The van der Waals surface area contributed by atoms with Crippen LogP contribution in [0.1, 0.15) is 11.1 Å². The van der Waals surface area contributed by atoms with Crippen LogP contribution in [0.25, 0.3) is 11.1 Å². The van der Waals surface area contributed by atoms with Crippen molar-refractivity contribution in [3.8, 4) is 16.9 Å². The molecule has 2 aromatic rings. The number of hydrogen-bond acceptors (Lipinski definition) is 3. The van der Waals surface area contributed by atoms with E-state index in [0.717, 1.165) is 24.2 Å². The predicted octanol–water partition coefficient (Wildman–Crippen LogP) is 2.12. The van der Waals surface area contributed by atoms with Crippen LogP contribution in [-0.2, 0) is 12.8 Å². The fraction of sp³-hybridized carbons (Fsp3) is 0.294. The van der Waals surface area contributed by atoms with E-state index in [0.29, 0.717) is 13.1 Å². The Morgan fingerprint density at radius 3 is 2.60 bits per heavy atom. The lowest BCUT2D eigenvalue weighted by molar-refractivity contribution is 0.242. The molecule has 4 N–H and O–H groups in total. The summed E-state index contributed by atoms with van der Waals surface area (Å²) in [6.07, 6.45) is 1.88. The molecule has 1 atom stereocenters. The highest BCUT2D eigenvalue weighted by atomic mass is 16.5. The number of rotatable bonds is 4. The Balaban J connectivity index is 2.07. The lowest BCUT2D eigenvalue weighted by Gasteiger charge is -2.14. The summed E-state index contributed by atoms with van der Waals surface area (Å²) in [5, 5.41) is 0. The number of ether oxygens (including phenoxy) is 1. The van der Waals surface area contributed by atoms with Crippen molar-refractivity contribution in [1.29, 1.82) is 0 Å². The van der Waals surface area contributed by atoms with Gasteiger partial charge in [0, 0.05) is 18.5 Å². The molecule has 0 bridgehead atoms. The van der Waals surface area contributed by atoms with Crippen LogP contribution in [0.15, 0.2) is 42.5 Å². The summed E-state index contributed by atoms with van der Waals surface area (Å²) in [7, 11) is 0. The second-order valence-electron chi connectivity index (χ2n) is 5.17. The van der Waals surface area contributed by atoms with E-state index in [-0.39, 0.29) is 6.10 Å². The molecule has 1 heterocycles. The molecule has 0 aromatic heterocycles. The number of para-hydroxylation sites is 1. The third-order valence-corrected chi connectivity index (χ3v) is 3.81. The lowest BCUT2D eigenvalue weighted by Crippen LogP contribution is -2.24. The van der Waals surface area contributed by atoms with E-state index in [1.165, 1.54) is 16.7 Å². The van der Waals surface area contributed by atoms with Gasteiger partial charge in [-0.3, -0.25) is 0 Å². The molecular weight excluding hydrogens is 248 g/mol. The molecule has 0 aliphatic carbocycles. The van der Waals surface area contributed by atoms with Gasteiger partial charge in [-0.1, -0.05) is 42.5 Å². The Morgan fingerprint density at radius 1 is 1.00 bits per heavy atom. The minimum absolute atomic E-state index is 0.104. The average Bonchev–Trinajstić information content (AvgIpc) is 2.91. The van der Waals surface area contributed by atoms with Crippen LogP contribution < -0.4 is 16.2 Å². The molecule has 0 radical (unpaired) electrons. The first-order valence-corrected chi connectivity index (χ1v) is 7.10. The lowest BCUT2D eigenvalue weighted by atomic mass is 9.95. The predicted molar refractivity (Wildman–Crippen MR) is 81.8 cm³/mol. The van der Waals surface area contributed by atoms with E-state index >= 15 is 0 Å². The van der Waals surface area contributed by atoms with Crippen molar-refractivity contribution >= 4 is 0 Å². The third kappa shape index (κ3) is 2.30. The van der Waals surface area contributed by atoms with E-state index in [2.05, 4.69) is 42.5 Å². The van der Waals surface area contributed by atoms with Crippen LogP contribution in [-0.4, -0.2) is 19.2 Å². The maximum atomic E-state index is 6.02. The fourth-order valence-corrected chi connectivity index (χ4v) is 2.84. The normalized spacial score (nSPS) is 16.8. The molecule has 1 aliphatic rings. The smallest absolute Gasteiger partial charge is 0.130 e. The van der Waals surface area contributed by atoms with E-state index < -0.39 is 0 Å². The Labute approximate surface area is 119 Å². The Morgan fingerprint density at radius 2 is 1.80 bits per heavy atom. The van der Waals surface area contributed by atoms with Gasteiger partial charge in [0.15, 0.2) is 0 Å². The summed E-state index contributed by atoms with van der Waals surface area (Å²) in [5.74, 6) is 0.993. The Kier molecular flexibility index (Phi) is 3.72. The highest BCUT2D eigenvalue weighted by molar-refractivity contribution is 5.75. The van der Waals surface area contributed by atoms with Gasteiger partial charge in [-0.2, -0.15) is 0 Å². The monoisotopic (exact) mass is 268 g/mol. The van der Waals surface area contributed by atoms with Crippen LogP contribution in [0.4, 0.5) is 0 Å². The molecule has 1 aliphatic heterocycles. The van der Waals surface area contributed by atoms with E-state index in [1.54, 1.807) is 0 Å². The summed E-state index contributed by atoms with van der Waals surface area (Å²) in [5.41, 5.74) is 16.3. The molecule has 20 heavy (non-hydrogen) atoms. The largest absolute Gasteiger partial charge is 0.488 e. The van der Waals surface area contributed by atoms with Gasteiger partial charge in [0.2, 0.25) is 0 Å². The van der Waals surface area contributed by atoms with Gasteiger partial charge in [-0.05, 0) is 29.7 Å². The van der Waals surface area contributed by atoms with Gasteiger partial charge in [-0.15, -0.1) is 0 Å². The first-order valence-electron chi connectivity index (χ1n) is 7.10. The molecule has 0 saturated heterocycles. The molecule has 0 amide bonds. The molecule has 0 fully saturated rings. The van der Waals surface area contributed by atoms with Gasteiger partial charge in [-0.25, -0.2) is 0 Å². The van der Waals surface area contributed by atoms with E-state index in [4.69, 9.17) is 16.2 Å². The topological polar surface area (TPSA) is 61.3 Å². The second kappa shape index (κ2) is 5.65. The summed E-state index contributed by atoms with van der Waals surface area (Å²) < 4.78 is 6.02. The molecule has 0 saturated carbocycles. The van der Waals surface area contributed by atoms with E-state index in [9.17, 15) is 0 Å². The minimum Gasteiger partial charge on any atom is -0.488 e. The summed E-state index contributed by atoms with van der Waals surface area (Å²) in [6, 6.07) is 14.7. The van der Waals surface area contributed by atoms with Gasteiger partial charge < -0.3 is 16.2 Å². The summed E-state index contributed by atoms with van der Waals surface area (Å²) in [4.78, 5) is 0. The molecule has 104 valence electrons. The van der Waals surface area contributed by atoms with Crippen LogP contribution in [0.2, 0.25) is 0 Å². The van der Waals surface area contributed by atoms with Gasteiger partial charge in [0.1, 0.15) is 11.9 Å². The van der Waals surface area contributed by atoms with E-state index in [1.807, 2.05) is 0 Å². The zero-order chi connectivity index (χ0) is 13.9. The third-order valence-electron chi connectivity index (χ3n) is 3.81. The van der Waals surface area contributed by atoms with Crippen LogP contribution in [0.5, 0.6) is 5.75 Å². The van der Waals surface area contributed by atoms with Crippen LogP contribution in [0.3, 0.4) is 0 Å². The van der Waals surface area contributed by atoms with Gasteiger partial charge in [0.05, 0.1) is 0 Å². The van der Waals surface area contributed by atoms with Crippen molar-refractivity contribution in [3.05, 3.63) is 53.6 Å². The van der Waals surface area contributed by atoms with Crippen LogP contribution >= 0.6 is 0 Å². The minimum atomic E-state index is 0.104. The maximum Gasteiger partial charge on any atom is 0.130 e. The van der Waals surface area contributed by atoms with Crippen LogP contribution in [0, 0.1) is 0 Å². The fourth-order valence-electron chi connectivity index (χ4n) is 2.84. The number of hydrogen-bond donors (Lipinski definition) is 2. The zero-order valence-corrected chi connectivity index (χ0v) is 11.5. The highest BCUT2D eigenvalue weighted by Crippen LogP contribution is 2.39. The molecule has 2 aromatic carbocycles. The number of fused-ring (bicyclic) bond motifs is 1. The number of nitrogens with two attached hydrogens (primary N) is 2. The standard InChI is InChI=1S/C17H20N2O/c18-9-8-12-4-1-2-6-15(12)16-7-3-5-13-10-14(11-19)20-17(13)16/h1-7,14H,8-11,18-19H2/t14-/m1/s1. The first kappa shape index (κ1) is 13.2.